The molecule has 18 heavy (non-hydrogen) atoms. The van der Waals surface area contributed by atoms with Crippen LogP contribution in [0.15, 0.2) is 29.4 Å². The monoisotopic (exact) mass is 307 g/mol. The number of rotatable bonds is 2. The maximum atomic E-state index is 8.92. The van der Waals surface area contributed by atoms with Gasteiger partial charge in [-0.15, -0.1) is 0 Å². The van der Waals surface area contributed by atoms with Gasteiger partial charge in [0.1, 0.15) is 26.7 Å². The lowest BCUT2D eigenvalue weighted by atomic mass is 10.2. The van der Waals surface area contributed by atoms with E-state index in [2.05, 4.69) is 20.1 Å². The maximum Gasteiger partial charge on any atom is 0.282 e. The van der Waals surface area contributed by atoms with Crippen LogP contribution in [0.3, 0.4) is 0 Å². The standard InChI is InChI=1S/C7H8O.CHNO3.H8O2Si3/c1-6-4-2-3-5-7(6)8;1-2-4-5-3-1;3-1-5-2-4/h2-5,8H,1H3;1H;5H2,3-4H3. The number of aromatic hydroxyl groups is 1. The van der Waals surface area contributed by atoms with Crippen LogP contribution in [0.5, 0.6) is 5.75 Å². The van der Waals surface area contributed by atoms with E-state index in [0.29, 0.717) is 5.75 Å². The highest BCUT2D eigenvalue weighted by atomic mass is 28.3. The number of aryl methyl sites for hydroxylation is 1. The predicted molar refractivity (Wildman–Crippen MR) is 75.2 cm³/mol. The quantitative estimate of drug-likeness (QED) is 0.508. The third kappa shape index (κ3) is 10.0. The summed E-state index contributed by atoms with van der Waals surface area (Å²) in [5.74, 6) is 0.368. The number of oxime groups is 1. The van der Waals surface area contributed by atoms with Crippen molar-refractivity contribution in [1.29, 1.82) is 0 Å². The molecule has 0 fully saturated rings. The van der Waals surface area contributed by atoms with Crippen molar-refractivity contribution in [3.05, 3.63) is 29.8 Å². The minimum atomic E-state index is -0.444. The summed E-state index contributed by atoms with van der Waals surface area (Å²) in [6.45, 7) is 1.87. The minimum Gasteiger partial charge on any atom is -0.508 e. The molecule has 7 nitrogen and oxygen atoms in total. The molecule has 0 radical (unpaired) electrons. The molecule has 0 bridgehead atoms. The Bertz CT molecular complexity index is 311. The van der Waals surface area contributed by atoms with E-state index in [1.165, 1.54) is 0 Å². The SMILES string of the molecule is C1=NOOO1.Cc1ccccc1O.[SiH3]O[SiH2]O[SiH3]. The van der Waals surface area contributed by atoms with Crippen LogP contribution in [0, 0.1) is 6.92 Å². The van der Waals surface area contributed by atoms with Crippen LogP contribution in [0.25, 0.3) is 0 Å². The van der Waals surface area contributed by atoms with Gasteiger partial charge < -0.3 is 13.3 Å². The van der Waals surface area contributed by atoms with Crippen molar-refractivity contribution in [2.24, 2.45) is 5.16 Å². The highest BCUT2D eigenvalue weighted by molar-refractivity contribution is 6.33. The van der Waals surface area contributed by atoms with Crippen molar-refractivity contribution in [1.82, 2.24) is 0 Å². The smallest absolute Gasteiger partial charge is 0.282 e. The summed E-state index contributed by atoms with van der Waals surface area (Å²) in [6.07, 6.45) is 1.04. The molecule has 1 N–H and O–H groups in total. The van der Waals surface area contributed by atoms with E-state index in [1.54, 1.807) is 6.07 Å². The van der Waals surface area contributed by atoms with E-state index in [9.17, 15) is 0 Å². The molecule has 1 aliphatic heterocycles. The van der Waals surface area contributed by atoms with Crippen LogP contribution in [0.2, 0.25) is 0 Å². The number of hydrogen-bond donors (Lipinski definition) is 1. The first kappa shape index (κ1) is 16.8. The molecule has 1 heterocycles. The van der Waals surface area contributed by atoms with Crippen LogP contribution < -0.4 is 0 Å². The molecular weight excluding hydrogens is 290 g/mol. The van der Waals surface area contributed by atoms with E-state index in [0.717, 1.165) is 32.9 Å². The summed E-state index contributed by atoms with van der Waals surface area (Å²) in [7, 11) is 1.27. The highest BCUT2D eigenvalue weighted by Crippen LogP contribution is 2.12. The Morgan fingerprint density at radius 2 is 1.94 bits per heavy atom. The molecule has 102 valence electrons. The van der Waals surface area contributed by atoms with Crippen molar-refractivity contribution >= 4 is 37.4 Å². The minimum absolute atomic E-state index is 0.368. The van der Waals surface area contributed by atoms with Gasteiger partial charge in [-0.1, -0.05) is 18.2 Å². The van der Waals surface area contributed by atoms with Crippen molar-refractivity contribution < 1.29 is 28.3 Å². The molecule has 1 aliphatic rings. The van der Waals surface area contributed by atoms with E-state index in [1.807, 2.05) is 25.1 Å². The Labute approximate surface area is 114 Å². The van der Waals surface area contributed by atoms with Gasteiger partial charge in [-0.2, -0.15) is 4.99 Å². The number of phenolic OH excluding ortho intramolecular Hbond substituents is 1. The van der Waals surface area contributed by atoms with Gasteiger partial charge in [0.2, 0.25) is 0 Å². The van der Waals surface area contributed by atoms with Gasteiger partial charge in [-0.05, 0) is 23.7 Å². The summed E-state index contributed by atoms with van der Waals surface area (Å²) in [5, 5.41) is 15.7. The van der Waals surface area contributed by atoms with Gasteiger partial charge in [0.15, 0.2) is 0 Å². The van der Waals surface area contributed by atoms with Crippen LogP contribution >= 0.6 is 0 Å². The lowest BCUT2D eigenvalue weighted by Gasteiger charge is -1.92. The third-order valence-electron chi connectivity index (χ3n) is 1.55. The molecule has 0 aliphatic carbocycles. The summed E-state index contributed by atoms with van der Waals surface area (Å²) < 4.78 is 9.56. The average Bonchev–Trinajstić information content (AvgIpc) is 2.94. The van der Waals surface area contributed by atoms with Crippen molar-refractivity contribution in [3.8, 4) is 5.75 Å². The van der Waals surface area contributed by atoms with Crippen molar-refractivity contribution in [2.45, 2.75) is 6.92 Å². The van der Waals surface area contributed by atoms with Crippen molar-refractivity contribution in [3.63, 3.8) is 0 Å². The molecule has 0 saturated carbocycles. The van der Waals surface area contributed by atoms with Crippen LogP contribution in [0.4, 0.5) is 0 Å². The first-order chi connectivity index (χ1) is 8.72. The number of benzene rings is 1. The van der Waals surface area contributed by atoms with Gasteiger partial charge in [0.25, 0.3) is 16.4 Å². The van der Waals surface area contributed by atoms with Gasteiger partial charge in [-0.25, -0.2) is 0 Å². The number of para-hydroxylation sites is 1. The lowest BCUT2D eigenvalue weighted by molar-refractivity contribution is -0.450. The predicted octanol–water partition coefficient (Wildman–Crippen LogP) is -1.90. The Balaban J connectivity index is 0.000000254. The molecule has 1 aromatic carbocycles. The van der Waals surface area contributed by atoms with Crippen molar-refractivity contribution in [2.75, 3.05) is 0 Å². The molecule has 2 rings (SSSR count). The first-order valence-electron chi connectivity index (χ1n) is 4.95. The van der Waals surface area contributed by atoms with E-state index in [4.69, 9.17) is 13.3 Å². The number of hydrogen-bond acceptors (Lipinski definition) is 7. The highest BCUT2D eigenvalue weighted by Gasteiger charge is 1.87. The second-order valence-corrected chi connectivity index (χ2v) is 7.79. The van der Waals surface area contributed by atoms with E-state index >= 15 is 0 Å². The Hall–Kier alpha value is -1.18. The van der Waals surface area contributed by atoms with E-state index in [-0.39, 0.29) is 0 Å². The molecule has 0 unspecified atom stereocenters. The fourth-order valence-corrected chi connectivity index (χ4v) is 3.83. The summed E-state index contributed by atoms with van der Waals surface area (Å²) in [5.41, 5.74) is 0.924. The number of phenols is 1. The van der Waals surface area contributed by atoms with Gasteiger partial charge in [-0.3, -0.25) is 4.89 Å². The number of nitrogens with zero attached hydrogens (tertiary/aromatic N) is 1. The summed E-state index contributed by atoms with van der Waals surface area (Å²) in [4.78, 5) is 7.72. The summed E-state index contributed by atoms with van der Waals surface area (Å²) in [6, 6.07) is 7.25. The molecular formula is C8H17NO6Si3. The van der Waals surface area contributed by atoms with Gasteiger partial charge in [0.05, 0.1) is 5.04 Å². The first-order valence-corrected chi connectivity index (χ1v) is 7.74. The van der Waals surface area contributed by atoms with Crippen LogP contribution in [-0.2, 0) is 23.1 Å². The maximum absolute atomic E-state index is 8.92. The van der Waals surface area contributed by atoms with Crippen LogP contribution in [0.1, 0.15) is 5.56 Å². The molecule has 0 atom stereocenters. The van der Waals surface area contributed by atoms with Crippen LogP contribution in [-0.4, -0.2) is 42.5 Å². The fourth-order valence-electron chi connectivity index (χ4n) is 0.769. The molecule has 0 spiro atoms. The zero-order valence-electron chi connectivity index (χ0n) is 10.5. The zero-order chi connectivity index (χ0) is 13.6. The molecule has 0 amide bonds. The Morgan fingerprint density at radius 1 is 1.28 bits per heavy atom. The van der Waals surface area contributed by atoms with Gasteiger partial charge in [0, 0.05) is 0 Å². The summed E-state index contributed by atoms with van der Waals surface area (Å²) >= 11 is 0. The topological polar surface area (TPSA) is 78.7 Å². The fraction of sp³-hybridized carbons (Fsp3) is 0.125. The Kier molecular flexibility index (Phi) is 11.5. The molecule has 0 aromatic heterocycles. The molecule has 10 heteroatoms. The Morgan fingerprint density at radius 3 is 2.17 bits per heavy atom. The van der Waals surface area contributed by atoms with Gasteiger partial charge >= 0.3 is 0 Å². The molecule has 0 saturated heterocycles. The lowest BCUT2D eigenvalue weighted by Crippen LogP contribution is -1.96. The largest absolute Gasteiger partial charge is 0.508 e. The second-order valence-electron chi connectivity index (χ2n) is 2.93. The van der Waals surface area contributed by atoms with E-state index < -0.39 is 10.0 Å². The average molecular weight is 307 g/mol. The third-order valence-corrected chi connectivity index (χ3v) is 3.44. The molecule has 1 aromatic rings. The second kappa shape index (κ2) is 12.3. The normalized spacial score (nSPS) is 12.3. The zero-order valence-corrected chi connectivity index (χ0v) is 15.9.